The minimum absolute atomic E-state index is 0.0678. The fourth-order valence-electron chi connectivity index (χ4n) is 4.58. The first-order valence-electron chi connectivity index (χ1n) is 11.6. The summed E-state index contributed by atoms with van der Waals surface area (Å²) in [6.45, 7) is 1.03. The van der Waals surface area contributed by atoms with Gasteiger partial charge in [0.15, 0.2) is 0 Å². The van der Waals surface area contributed by atoms with E-state index in [1.807, 2.05) is 0 Å². The number of aromatic nitrogens is 2. The van der Waals surface area contributed by atoms with E-state index in [2.05, 4.69) is 14.9 Å². The average Bonchev–Trinajstić information content (AvgIpc) is 3.58. The molecular weight excluding hydrogens is 456 g/mol. The zero-order valence-corrected chi connectivity index (χ0v) is 19.6. The van der Waals surface area contributed by atoms with E-state index in [1.54, 1.807) is 47.4 Å². The number of fused-ring (bicyclic) bond motifs is 1. The van der Waals surface area contributed by atoms with Gasteiger partial charge in [-0.25, -0.2) is 4.98 Å². The maximum absolute atomic E-state index is 12.9. The fourth-order valence-corrected chi connectivity index (χ4v) is 5.50. The lowest BCUT2D eigenvalue weighted by Gasteiger charge is -2.37. The Morgan fingerprint density at radius 3 is 2.65 bits per heavy atom. The molecule has 1 aromatic heterocycles. The SMILES string of the molecule is O=CN(c1nc2ccc(OS(=O)(=O)c3ccc(N4CCCCC4CCO)cc3)cc2[nH]1)C1CC1. The molecule has 0 spiro atoms. The topological polar surface area (TPSA) is 116 Å². The monoisotopic (exact) mass is 484 g/mol. The van der Waals surface area contributed by atoms with Gasteiger partial charge in [0.25, 0.3) is 0 Å². The molecule has 10 heteroatoms. The van der Waals surface area contributed by atoms with Crippen LogP contribution in [0.25, 0.3) is 11.0 Å². The summed E-state index contributed by atoms with van der Waals surface area (Å²) < 4.78 is 31.2. The van der Waals surface area contributed by atoms with Crippen molar-refractivity contribution >= 4 is 39.2 Å². The van der Waals surface area contributed by atoms with E-state index in [1.165, 1.54) is 0 Å². The number of carbonyl (C=O) groups excluding carboxylic acids is 1. The summed E-state index contributed by atoms with van der Waals surface area (Å²) >= 11 is 0. The number of aliphatic hydroxyl groups is 1. The zero-order valence-electron chi connectivity index (χ0n) is 18.8. The third-order valence-corrected chi connectivity index (χ3v) is 7.75. The lowest BCUT2D eigenvalue weighted by atomic mass is 9.99. The predicted octanol–water partition coefficient (Wildman–Crippen LogP) is 3.20. The van der Waals surface area contributed by atoms with Crippen LogP contribution in [0.4, 0.5) is 11.6 Å². The summed E-state index contributed by atoms with van der Waals surface area (Å²) in [6, 6.07) is 11.9. The third kappa shape index (κ3) is 4.60. The molecule has 2 aromatic carbocycles. The molecule has 34 heavy (non-hydrogen) atoms. The van der Waals surface area contributed by atoms with Crippen LogP contribution in [0.3, 0.4) is 0 Å². The first-order chi connectivity index (χ1) is 16.5. The number of rotatable bonds is 9. The van der Waals surface area contributed by atoms with Crippen molar-refractivity contribution in [2.75, 3.05) is 23.0 Å². The Labute approximate surface area is 198 Å². The second kappa shape index (κ2) is 9.27. The maximum atomic E-state index is 12.9. The van der Waals surface area contributed by atoms with Gasteiger partial charge in [-0.3, -0.25) is 9.69 Å². The molecule has 3 aromatic rings. The highest BCUT2D eigenvalue weighted by Crippen LogP contribution is 2.32. The van der Waals surface area contributed by atoms with Crippen molar-refractivity contribution in [2.24, 2.45) is 0 Å². The molecule has 180 valence electrons. The van der Waals surface area contributed by atoms with Crippen LogP contribution in [0.5, 0.6) is 5.75 Å². The number of hydrogen-bond donors (Lipinski definition) is 2. The molecule has 1 atom stereocenters. The second-order valence-corrected chi connectivity index (χ2v) is 10.4. The lowest BCUT2D eigenvalue weighted by molar-refractivity contribution is -0.107. The lowest BCUT2D eigenvalue weighted by Crippen LogP contribution is -2.40. The molecule has 1 saturated heterocycles. The molecule has 2 heterocycles. The van der Waals surface area contributed by atoms with Gasteiger partial charge in [-0.05, 0) is 74.9 Å². The Balaban J connectivity index is 1.33. The van der Waals surface area contributed by atoms with Crippen molar-refractivity contribution in [3.8, 4) is 5.75 Å². The maximum Gasteiger partial charge on any atom is 0.339 e. The van der Waals surface area contributed by atoms with Crippen LogP contribution < -0.4 is 14.0 Å². The number of amides is 1. The number of nitrogens with one attached hydrogen (secondary N) is 1. The summed E-state index contributed by atoms with van der Waals surface area (Å²) in [7, 11) is -4.03. The zero-order chi connectivity index (χ0) is 23.7. The molecule has 0 radical (unpaired) electrons. The predicted molar refractivity (Wildman–Crippen MR) is 129 cm³/mol. The van der Waals surface area contributed by atoms with Crippen LogP contribution in [0.1, 0.15) is 38.5 Å². The Morgan fingerprint density at radius 1 is 1.15 bits per heavy atom. The van der Waals surface area contributed by atoms with Crippen molar-refractivity contribution in [2.45, 2.75) is 55.5 Å². The van der Waals surface area contributed by atoms with Crippen LogP contribution >= 0.6 is 0 Å². The van der Waals surface area contributed by atoms with E-state index in [0.29, 0.717) is 23.4 Å². The molecule has 2 fully saturated rings. The fraction of sp³-hybridized carbons (Fsp3) is 0.417. The van der Waals surface area contributed by atoms with Crippen LogP contribution in [0, 0.1) is 0 Å². The van der Waals surface area contributed by atoms with Gasteiger partial charge in [-0.2, -0.15) is 8.42 Å². The Hall–Kier alpha value is -3.11. The molecule has 5 rings (SSSR count). The Morgan fingerprint density at radius 2 is 1.94 bits per heavy atom. The van der Waals surface area contributed by atoms with Crippen LogP contribution in [0.2, 0.25) is 0 Å². The van der Waals surface area contributed by atoms with Crippen molar-refractivity contribution in [1.29, 1.82) is 0 Å². The van der Waals surface area contributed by atoms with Crippen LogP contribution in [-0.4, -0.2) is 55.1 Å². The van der Waals surface area contributed by atoms with Crippen molar-refractivity contribution in [3.63, 3.8) is 0 Å². The largest absolute Gasteiger partial charge is 0.396 e. The number of anilines is 2. The number of aliphatic hydroxyl groups excluding tert-OH is 1. The van der Waals surface area contributed by atoms with E-state index in [0.717, 1.165) is 50.7 Å². The average molecular weight is 485 g/mol. The molecule has 1 unspecified atom stereocenters. The molecule has 1 aliphatic heterocycles. The van der Waals surface area contributed by atoms with Gasteiger partial charge in [0.05, 0.1) is 11.0 Å². The smallest absolute Gasteiger partial charge is 0.339 e. The number of carbonyl (C=O) groups is 1. The van der Waals surface area contributed by atoms with E-state index in [-0.39, 0.29) is 29.3 Å². The minimum atomic E-state index is -4.03. The van der Waals surface area contributed by atoms with Crippen molar-refractivity contribution in [3.05, 3.63) is 42.5 Å². The van der Waals surface area contributed by atoms with E-state index >= 15 is 0 Å². The Kier molecular flexibility index (Phi) is 6.18. The van der Waals surface area contributed by atoms with Gasteiger partial charge in [-0.15, -0.1) is 0 Å². The Bertz CT molecular complexity index is 1270. The normalized spacial score (nSPS) is 18.7. The highest BCUT2D eigenvalue weighted by Gasteiger charge is 2.31. The third-order valence-electron chi connectivity index (χ3n) is 6.49. The summed E-state index contributed by atoms with van der Waals surface area (Å²) in [4.78, 5) is 22.8. The molecule has 0 bridgehead atoms. The van der Waals surface area contributed by atoms with E-state index in [4.69, 9.17) is 4.18 Å². The summed E-state index contributed by atoms with van der Waals surface area (Å²) in [5.74, 6) is 0.607. The number of benzene rings is 2. The molecule has 1 amide bonds. The van der Waals surface area contributed by atoms with Crippen molar-refractivity contribution < 1.29 is 22.5 Å². The van der Waals surface area contributed by atoms with Crippen LogP contribution in [-0.2, 0) is 14.9 Å². The number of aromatic amines is 1. The second-order valence-electron chi connectivity index (χ2n) is 8.87. The first-order valence-corrected chi connectivity index (χ1v) is 13.0. The molecule has 2 N–H and O–H groups in total. The van der Waals surface area contributed by atoms with Crippen LogP contribution in [0.15, 0.2) is 47.4 Å². The summed E-state index contributed by atoms with van der Waals surface area (Å²) in [6.07, 6.45) is 6.59. The molecular formula is C24H28N4O5S. The number of nitrogens with zero attached hydrogens (tertiary/aromatic N) is 3. The van der Waals surface area contributed by atoms with Gasteiger partial charge in [0.1, 0.15) is 10.6 Å². The molecule has 2 aliphatic rings. The van der Waals surface area contributed by atoms with Crippen molar-refractivity contribution in [1.82, 2.24) is 9.97 Å². The highest BCUT2D eigenvalue weighted by molar-refractivity contribution is 7.87. The molecule has 9 nitrogen and oxygen atoms in total. The van der Waals surface area contributed by atoms with Gasteiger partial charge < -0.3 is 19.2 Å². The quantitative estimate of drug-likeness (QED) is 0.354. The van der Waals surface area contributed by atoms with Gasteiger partial charge >= 0.3 is 10.1 Å². The van der Waals surface area contributed by atoms with Gasteiger partial charge in [0, 0.05) is 37.0 Å². The number of imidazole rings is 1. The first kappa shape index (κ1) is 22.7. The number of hydrogen-bond acceptors (Lipinski definition) is 7. The van der Waals surface area contributed by atoms with Gasteiger partial charge in [-0.1, -0.05) is 0 Å². The summed E-state index contributed by atoms with van der Waals surface area (Å²) in [5.41, 5.74) is 2.15. The molecule has 1 aliphatic carbocycles. The van der Waals surface area contributed by atoms with Gasteiger partial charge in [0.2, 0.25) is 12.4 Å². The van der Waals surface area contributed by atoms with E-state index < -0.39 is 10.1 Å². The number of H-pyrrole nitrogens is 1. The van der Waals surface area contributed by atoms with E-state index in [9.17, 15) is 18.3 Å². The molecule has 1 saturated carbocycles. The highest BCUT2D eigenvalue weighted by atomic mass is 32.2. The summed E-state index contributed by atoms with van der Waals surface area (Å²) in [5, 5.41) is 9.36. The number of piperidine rings is 1. The minimum Gasteiger partial charge on any atom is -0.396 e. The standard InChI is InChI=1S/C24H28N4O5S/c29-14-12-17-3-1-2-13-27(17)18-6-9-21(10-7-18)34(31,32)33-20-8-11-22-23(15-20)26-24(25-22)28(16-30)19-4-5-19/h6-11,15-17,19,29H,1-5,12-14H2,(H,25,26).